The van der Waals surface area contributed by atoms with Gasteiger partial charge in [-0.15, -0.1) is 0 Å². The second-order valence-corrected chi connectivity index (χ2v) is 4.52. The number of esters is 2. The molecule has 0 aromatic rings. The van der Waals surface area contributed by atoms with Gasteiger partial charge in [0.2, 0.25) is 0 Å². The lowest BCUT2D eigenvalue weighted by molar-refractivity contribution is -0.397. The Morgan fingerprint density at radius 2 is 1.27 bits per heavy atom. The first-order valence-corrected chi connectivity index (χ1v) is 6.43. The topological polar surface area (TPSA) is 52.6 Å². The van der Waals surface area contributed by atoms with Gasteiger partial charge in [-0.25, -0.2) is 9.59 Å². The first-order chi connectivity index (χ1) is 11.6. The van der Waals surface area contributed by atoms with Crippen molar-refractivity contribution in [2.45, 2.75) is 30.4 Å². The third-order valence-corrected chi connectivity index (χ3v) is 2.57. The summed E-state index contributed by atoms with van der Waals surface area (Å²) in [5.41, 5.74) is 0. The van der Waals surface area contributed by atoms with E-state index >= 15 is 0 Å². The smallest absolute Gasteiger partial charge is 0.460 e. The average Bonchev–Trinajstić information content (AvgIpc) is 2.49. The predicted octanol–water partition coefficient (Wildman–Crippen LogP) is 3.67. The molecule has 0 aliphatic heterocycles. The number of hydrogen-bond donors (Lipinski definition) is 0. The maximum Gasteiger partial charge on any atom is 0.460 e. The minimum atomic E-state index is -7.01. The third-order valence-electron chi connectivity index (χ3n) is 2.57. The van der Waals surface area contributed by atoms with Gasteiger partial charge in [0.05, 0.1) is 13.0 Å². The zero-order chi connectivity index (χ0) is 20.8. The average molecular weight is 402 g/mol. The van der Waals surface area contributed by atoms with Crippen molar-refractivity contribution in [1.82, 2.24) is 0 Å². The van der Waals surface area contributed by atoms with E-state index in [0.717, 1.165) is 0 Å². The molecule has 0 rings (SSSR count). The van der Waals surface area contributed by atoms with Crippen LogP contribution in [0, 0.1) is 0 Å². The number of hydrogen-bond acceptors (Lipinski definition) is 4. The summed E-state index contributed by atoms with van der Waals surface area (Å²) in [5.74, 6) is -22.2. The van der Waals surface area contributed by atoms with E-state index < -0.39 is 48.9 Å². The molecule has 0 radical (unpaired) electrons. The number of carbonyl (C=O) groups is 2. The van der Waals surface area contributed by atoms with E-state index in [1.165, 1.54) is 6.08 Å². The fourth-order valence-corrected chi connectivity index (χ4v) is 1.22. The Morgan fingerprint density at radius 3 is 1.69 bits per heavy atom. The minimum Gasteiger partial charge on any atom is -0.462 e. The molecule has 0 N–H and O–H groups in total. The van der Waals surface area contributed by atoms with Crippen LogP contribution in [0.5, 0.6) is 0 Å². The van der Waals surface area contributed by atoms with Crippen LogP contribution in [-0.4, -0.2) is 49.1 Å². The number of halogens is 9. The summed E-state index contributed by atoms with van der Waals surface area (Å²) in [4.78, 5) is 21.9. The standard InChI is InChI=1S/C13H11F9O4/c1-2-6-25-8(23)3-4-9(24)26-7-5-10(14,15)11(16,17)12(18,19)13(20,21)22/h2-4H,1,5-7H2. The summed E-state index contributed by atoms with van der Waals surface area (Å²) in [6.45, 7) is 1.34. The highest BCUT2D eigenvalue weighted by Crippen LogP contribution is 2.53. The Bertz CT molecular complexity index is 552. The van der Waals surface area contributed by atoms with E-state index in [4.69, 9.17) is 0 Å². The van der Waals surface area contributed by atoms with E-state index in [2.05, 4.69) is 16.1 Å². The number of carbonyl (C=O) groups excluding carboxylic acids is 2. The lowest BCUT2D eigenvalue weighted by atomic mass is 10.0. The van der Waals surface area contributed by atoms with Crippen molar-refractivity contribution in [2.75, 3.05) is 13.2 Å². The van der Waals surface area contributed by atoms with Crippen LogP contribution in [-0.2, 0) is 19.1 Å². The molecule has 0 aromatic carbocycles. The zero-order valence-electron chi connectivity index (χ0n) is 12.6. The van der Waals surface area contributed by atoms with Crippen LogP contribution in [0.4, 0.5) is 39.5 Å². The van der Waals surface area contributed by atoms with Crippen molar-refractivity contribution in [3.8, 4) is 0 Å². The van der Waals surface area contributed by atoms with E-state index in [1.807, 2.05) is 0 Å². The summed E-state index contributed by atoms with van der Waals surface area (Å²) in [6, 6.07) is 0. The van der Waals surface area contributed by atoms with Crippen LogP contribution in [0.25, 0.3) is 0 Å². The van der Waals surface area contributed by atoms with Gasteiger partial charge < -0.3 is 9.47 Å². The van der Waals surface area contributed by atoms with Gasteiger partial charge in [0, 0.05) is 12.2 Å². The summed E-state index contributed by atoms with van der Waals surface area (Å²) in [7, 11) is 0. The van der Waals surface area contributed by atoms with Gasteiger partial charge >= 0.3 is 35.9 Å². The zero-order valence-corrected chi connectivity index (χ0v) is 12.6. The van der Waals surface area contributed by atoms with E-state index in [1.54, 1.807) is 0 Å². The van der Waals surface area contributed by atoms with Crippen molar-refractivity contribution in [1.29, 1.82) is 0 Å². The molecule has 26 heavy (non-hydrogen) atoms. The van der Waals surface area contributed by atoms with Gasteiger partial charge in [0.1, 0.15) is 6.61 Å². The highest BCUT2D eigenvalue weighted by atomic mass is 19.4. The van der Waals surface area contributed by atoms with Gasteiger partial charge in [-0.3, -0.25) is 0 Å². The Morgan fingerprint density at radius 1 is 0.808 bits per heavy atom. The van der Waals surface area contributed by atoms with Gasteiger partial charge in [0.15, 0.2) is 0 Å². The van der Waals surface area contributed by atoms with Gasteiger partial charge in [-0.2, -0.15) is 39.5 Å². The monoisotopic (exact) mass is 402 g/mol. The SMILES string of the molecule is C=CCOC(=O)C=CC(=O)OCCC(F)(F)C(F)(F)C(F)(F)C(F)(F)F. The summed E-state index contributed by atoms with van der Waals surface area (Å²) < 4.78 is 121. The van der Waals surface area contributed by atoms with Crippen LogP contribution < -0.4 is 0 Å². The molecule has 0 saturated carbocycles. The lowest BCUT2D eigenvalue weighted by Gasteiger charge is -2.33. The maximum absolute atomic E-state index is 13.1. The summed E-state index contributed by atoms with van der Waals surface area (Å²) >= 11 is 0. The molecular weight excluding hydrogens is 391 g/mol. The van der Waals surface area contributed by atoms with Crippen LogP contribution in [0.2, 0.25) is 0 Å². The molecule has 13 heteroatoms. The molecule has 0 spiro atoms. The van der Waals surface area contributed by atoms with Crippen molar-refractivity contribution < 1.29 is 58.6 Å². The molecule has 0 aliphatic rings. The normalized spacial score (nSPS) is 13.6. The first-order valence-electron chi connectivity index (χ1n) is 6.43. The Labute approximate surface area is 140 Å². The molecule has 0 saturated heterocycles. The lowest BCUT2D eigenvalue weighted by Crippen LogP contribution is -2.61. The van der Waals surface area contributed by atoms with Crippen LogP contribution >= 0.6 is 0 Å². The Hall–Kier alpha value is -2.21. The molecule has 150 valence electrons. The van der Waals surface area contributed by atoms with Crippen LogP contribution in [0.3, 0.4) is 0 Å². The summed E-state index contributed by atoms with van der Waals surface area (Å²) in [6.07, 6.45) is -7.28. The minimum absolute atomic E-state index is 0.229. The van der Waals surface area contributed by atoms with Crippen LogP contribution in [0.15, 0.2) is 24.8 Å². The highest BCUT2D eigenvalue weighted by molar-refractivity contribution is 5.91. The van der Waals surface area contributed by atoms with Crippen LogP contribution in [0.1, 0.15) is 6.42 Å². The molecular formula is C13H11F9O4. The Balaban J connectivity index is 4.79. The second kappa shape index (κ2) is 8.45. The van der Waals surface area contributed by atoms with Crippen molar-refractivity contribution in [2.24, 2.45) is 0 Å². The third kappa shape index (κ3) is 5.66. The second-order valence-electron chi connectivity index (χ2n) is 4.52. The fourth-order valence-electron chi connectivity index (χ4n) is 1.22. The molecule has 0 atom stereocenters. The molecule has 0 amide bonds. The first kappa shape index (κ1) is 23.8. The fraction of sp³-hybridized carbons (Fsp3) is 0.538. The molecule has 0 aromatic heterocycles. The largest absolute Gasteiger partial charge is 0.462 e. The molecule has 0 bridgehead atoms. The molecule has 0 unspecified atom stereocenters. The molecule has 0 heterocycles. The van der Waals surface area contributed by atoms with Gasteiger partial charge in [-0.05, 0) is 0 Å². The molecule has 0 aliphatic carbocycles. The van der Waals surface area contributed by atoms with Gasteiger partial charge in [-0.1, -0.05) is 12.7 Å². The van der Waals surface area contributed by atoms with E-state index in [-0.39, 0.29) is 6.61 Å². The van der Waals surface area contributed by atoms with E-state index in [9.17, 15) is 49.1 Å². The number of rotatable bonds is 9. The summed E-state index contributed by atoms with van der Waals surface area (Å²) in [5, 5.41) is 0. The Kier molecular flexibility index (Phi) is 7.73. The number of ether oxygens (including phenoxy) is 2. The molecule has 0 fully saturated rings. The highest BCUT2D eigenvalue weighted by Gasteiger charge is 2.81. The number of alkyl halides is 9. The van der Waals surface area contributed by atoms with Crippen molar-refractivity contribution in [3.05, 3.63) is 24.8 Å². The van der Waals surface area contributed by atoms with E-state index in [0.29, 0.717) is 12.2 Å². The maximum atomic E-state index is 13.1. The quantitative estimate of drug-likeness (QED) is 0.256. The van der Waals surface area contributed by atoms with Gasteiger partial charge in [0.25, 0.3) is 0 Å². The van der Waals surface area contributed by atoms with Crippen molar-refractivity contribution in [3.63, 3.8) is 0 Å². The molecule has 4 nitrogen and oxygen atoms in total. The predicted molar refractivity (Wildman–Crippen MR) is 66.8 cm³/mol. The van der Waals surface area contributed by atoms with Crippen molar-refractivity contribution >= 4 is 11.9 Å².